The highest BCUT2D eigenvalue weighted by atomic mass is 16.6. The average Bonchev–Trinajstić information content (AvgIpc) is 3.38. The maximum Gasteiger partial charge on any atom is 0.306 e. The first kappa shape index (κ1) is 67.8. The lowest BCUT2D eigenvalue weighted by Gasteiger charge is -2.15. The van der Waals surface area contributed by atoms with Gasteiger partial charge in [-0.1, -0.05) is 262 Å². The molecule has 1 atom stereocenters. The first-order valence-corrected chi connectivity index (χ1v) is 29.4. The molecule has 5 heteroatoms. The summed E-state index contributed by atoms with van der Waals surface area (Å²) in [5.41, 5.74) is 0. The van der Waals surface area contributed by atoms with Crippen molar-refractivity contribution in [2.45, 2.75) is 251 Å². The molecule has 0 saturated carbocycles. The first-order valence-electron chi connectivity index (χ1n) is 29.4. The number of aliphatic hydroxyl groups is 1. The van der Waals surface area contributed by atoms with E-state index >= 15 is 0 Å². The van der Waals surface area contributed by atoms with Crippen molar-refractivity contribution in [2.24, 2.45) is 0 Å². The Morgan fingerprint density at radius 2 is 0.556 bits per heavy atom. The maximum absolute atomic E-state index is 12.3. The summed E-state index contributed by atoms with van der Waals surface area (Å²) in [6, 6.07) is 0. The van der Waals surface area contributed by atoms with Gasteiger partial charge < -0.3 is 14.6 Å². The zero-order chi connectivity index (χ0) is 52.0. The fourth-order valence-electron chi connectivity index (χ4n) is 7.80. The zero-order valence-electron chi connectivity index (χ0n) is 46.4. The smallest absolute Gasteiger partial charge is 0.306 e. The van der Waals surface area contributed by atoms with E-state index in [0.29, 0.717) is 12.8 Å². The number of ether oxygens (including phenoxy) is 2. The minimum Gasteiger partial charge on any atom is -0.462 e. The van der Waals surface area contributed by atoms with Crippen molar-refractivity contribution in [1.29, 1.82) is 0 Å². The van der Waals surface area contributed by atoms with Crippen LogP contribution >= 0.6 is 0 Å². The van der Waals surface area contributed by atoms with E-state index in [4.69, 9.17) is 9.47 Å². The molecule has 0 bridgehead atoms. The predicted molar refractivity (Wildman–Crippen MR) is 315 cm³/mol. The van der Waals surface area contributed by atoms with Crippen LogP contribution in [0.15, 0.2) is 146 Å². The number of allylic oxidation sites excluding steroid dienone is 24. The summed E-state index contributed by atoms with van der Waals surface area (Å²) in [4.78, 5) is 24.6. The molecule has 0 aliphatic heterocycles. The molecular formula is C67H108O5. The van der Waals surface area contributed by atoms with Gasteiger partial charge in [0.05, 0.1) is 6.61 Å². The summed E-state index contributed by atoms with van der Waals surface area (Å²) in [5, 5.41) is 9.67. The Balaban J connectivity index is 3.57. The Morgan fingerprint density at radius 1 is 0.319 bits per heavy atom. The second kappa shape index (κ2) is 61.1. The van der Waals surface area contributed by atoms with Crippen LogP contribution < -0.4 is 0 Å². The number of hydrogen-bond acceptors (Lipinski definition) is 5. The van der Waals surface area contributed by atoms with Gasteiger partial charge in [-0.2, -0.15) is 0 Å². The molecular weight excluding hydrogens is 885 g/mol. The van der Waals surface area contributed by atoms with Crippen molar-refractivity contribution in [3.8, 4) is 0 Å². The number of rotatable bonds is 52. The van der Waals surface area contributed by atoms with E-state index in [2.05, 4.69) is 160 Å². The lowest BCUT2D eigenvalue weighted by atomic mass is 10.0. The van der Waals surface area contributed by atoms with Gasteiger partial charge in [0.25, 0.3) is 0 Å². The Hall–Kier alpha value is -4.22. The van der Waals surface area contributed by atoms with Gasteiger partial charge in [-0.15, -0.1) is 0 Å². The molecule has 0 amide bonds. The molecule has 0 aliphatic carbocycles. The highest BCUT2D eigenvalue weighted by Crippen LogP contribution is 2.15. The largest absolute Gasteiger partial charge is 0.462 e. The summed E-state index contributed by atoms with van der Waals surface area (Å²) < 4.78 is 10.7. The molecule has 72 heavy (non-hydrogen) atoms. The molecule has 1 N–H and O–H groups in total. The van der Waals surface area contributed by atoms with Crippen LogP contribution in [0.4, 0.5) is 0 Å². The summed E-state index contributed by atoms with van der Waals surface area (Å²) >= 11 is 0. The Kier molecular flexibility index (Phi) is 57.5. The fraction of sp³-hybridized carbons (Fsp3) is 0.612. The summed E-state index contributed by atoms with van der Waals surface area (Å²) in [5.74, 6) is -0.607. The minimum absolute atomic E-state index is 0.0783. The third-order valence-corrected chi connectivity index (χ3v) is 12.1. The monoisotopic (exact) mass is 993 g/mol. The minimum atomic E-state index is -0.789. The summed E-state index contributed by atoms with van der Waals surface area (Å²) in [6.45, 7) is 3.91. The third kappa shape index (κ3) is 58.4. The van der Waals surface area contributed by atoms with Crippen LogP contribution in [0.1, 0.15) is 245 Å². The predicted octanol–water partition coefficient (Wildman–Crippen LogP) is 20.2. The first-order chi connectivity index (χ1) is 35.6. The molecule has 0 spiro atoms. The van der Waals surface area contributed by atoms with Gasteiger partial charge in [-0.25, -0.2) is 0 Å². The topological polar surface area (TPSA) is 72.8 Å². The summed E-state index contributed by atoms with van der Waals surface area (Å²) in [7, 11) is 0. The zero-order valence-corrected chi connectivity index (χ0v) is 46.4. The van der Waals surface area contributed by atoms with Crippen LogP contribution in [-0.4, -0.2) is 36.4 Å². The van der Waals surface area contributed by atoms with Crippen molar-refractivity contribution < 1.29 is 24.2 Å². The lowest BCUT2D eigenvalue weighted by Crippen LogP contribution is -2.28. The molecule has 0 heterocycles. The molecule has 0 saturated heterocycles. The molecule has 0 aromatic heterocycles. The van der Waals surface area contributed by atoms with Gasteiger partial charge in [0.2, 0.25) is 0 Å². The molecule has 0 aliphatic rings. The van der Waals surface area contributed by atoms with Crippen molar-refractivity contribution >= 4 is 11.9 Å². The van der Waals surface area contributed by atoms with Crippen molar-refractivity contribution in [3.05, 3.63) is 146 Å². The van der Waals surface area contributed by atoms with Gasteiger partial charge in [0.15, 0.2) is 6.10 Å². The summed E-state index contributed by atoms with van der Waals surface area (Å²) in [6.07, 6.45) is 92.4. The van der Waals surface area contributed by atoms with Crippen LogP contribution in [-0.2, 0) is 19.1 Å². The Labute approximate surface area is 444 Å². The number of unbranched alkanes of at least 4 members (excludes halogenated alkanes) is 20. The quantitative estimate of drug-likeness (QED) is 0.0373. The van der Waals surface area contributed by atoms with E-state index < -0.39 is 6.10 Å². The van der Waals surface area contributed by atoms with Crippen LogP contribution in [0.3, 0.4) is 0 Å². The van der Waals surface area contributed by atoms with E-state index in [0.717, 1.165) is 122 Å². The highest BCUT2D eigenvalue weighted by Gasteiger charge is 2.16. The van der Waals surface area contributed by atoms with Crippen molar-refractivity contribution in [1.82, 2.24) is 0 Å². The number of carbonyl (C=O) groups is 2. The maximum atomic E-state index is 12.3. The van der Waals surface area contributed by atoms with Gasteiger partial charge in [-0.05, 0) is 116 Å². The van der Waals surface area contributed by atoms with Gasteiger partial charge in [0.1, 0.15) is 6.61 Å². The van der Waals surface area contributed by atoms with Crippen LogP contribution in [0, 0.1) is 0 Å². The van der Waals surface area contributed by atoms with Crippen LogP contribution in [0.2, 0.25) is 0 Å². The molecule has 5 nitrogen and oxygen atoms in total. The van der Waals surface area contributed by atoms with E-state index in [1.165, 1.54) is 96.3 Å². The molecule has 1 unspecified atom stereocenters. The second-order valence-corrected chi connectivity index (χ2v) is 19.0. The molecule has 0 aromatic rings. The van der Waals surface area contributed by atoms with E-state index in [1.54, 1.807) is 0 Å². The standard InChI is InChI=1S/C67H108O5/c1-3-5-7-9-11-13-15-17-19-21-23-25-27-29-31-32-33-34-36-38-40-42-44-46-48-50-52-54-56-58-60-62-67(70)72-65(63-68)64-71-66(69)61-59-57-55-53-51-49-47-45-43-41-39-37-35-30-28-26-24-22-20-18-16-14-12-10-8-6-4-2/h5-8,11-14,17-20,23-26,29-31,33-35,38,40,65,68H,3-4,9-10,15-16,21-22,27-28,32,36-37,39,41-64H2,1-2H3/b7-5-,8-6-,13-11-,14-12-,19-17-,20-18-,25-23-,26-24-,31-29-,34-33-,35-30-,40-38-. The van der Waals surface area contributed by atoms with Gasteiger partial charge >= 0.3 is 11.9 Å². The van der Waals surface area contributed by atoms with Crippen LogP contribution in [0.5, 0.6) is 0 Å². The van der Waals surface area contributed by atoms with Crippen LogP contribution in [0.25, 0.3) is 0 Å². The lowest BCUT2D eigenvalue weighted by molar-refractivity contribution is -0.161. The molecule has 0 rings (SSSR count). The average molecular weight is 994 g/mol. The number of esters is 2. The Morgan fingerprint density at radius 3 is 0.833 bits per heavy atom. The molecule has 406 valence electrons. The number of carbonyl (C=O) groups excluding carboxylic acids is 2. The SMILES string of the molecule is CC/C=C\C/C=C\C/C=C\C/C=C\C/C=C\C/C=C\C/C=C\CCCCCCCCCCCC(=O)OC(CO)COC(=O)CCCCCCCCCCCCC/C=C\C/C=C\C/C=C\C/C=C\C/C=C\CC. The van der Waals surface area contributed by atoms with E-state index in [1.807, 2.05) is 0 Å². The van der Waals surface area contributed by atoms with Crippen molar-refractivity contribution in [2.75, 3.05) is 13.2 Å². The van der Waals surface area contributed by atoms with Crippen molar-refractivity contribution in [3.63, 3.8) is 0 Å². The highest BCUT2D eigenvalue weighted by molar-refractivity contribution is 5.70. The Bertz CT molecular complexity index is 1540. The number of aliphatic hydroxyl groups excluding tert-OH is 1. The fourth-order valence-corrected chi connectivity index (χ4v) is 7.80. The normalized spacial score (nSPS) is 13.3. The molecule has 0 fully saturated rings. The van der Waals surface area contributed by atoms with E-state index in [-0.39, 0.29) is 25.2 Å². The second-order valence-electron chi connectivity index (χ2n) is 19.0. The molecule has 0 aromatic carbocycles. The van der Waals surface area contributed by atoms with E-state index in [9.17, 15) is 14.7 Å². The number of hydrogen-bond donors (Lipinski definition) is 1. The third-order valence-electron chi connectivity index (χ3n) is 12.1. The van der Waals surface area contributed by atoms with Gasteiger partial charge in [-0.3, -0.25) is 9.59 Å². The molecule has 0 radical (unpaired) electrons. The van der Waals surface area contributed by atoms with Gasteiger partial charge in [0, 0.05) is 12.8 Å².